The number of benzene rings is 1. The SMILES string of the molecule is CC(=O)Nc1ccc(C(=O)NC2CCCCNC2=O)cc1. The molecule has 1 atom stereocenters. The maximum atomic E-state index is 12.1. The Hall–Kier alpha value is -2.37. The smallest absolute Gasteiger partial charge is 0.251 e. The summed E-state index contributed by atoms with van der Waals surface area (Å²) in [6.45, 7) is 2.09. The average molecular weight is 289 g/mol. The zero-order valence-corrected chi connectivity index (χ0v) is 11.9. The number of rotatable bonds is 3. The van der Waals surface area contributed by atoms with Gasteiger partial charge in [0.25, 0.3) is 5.91 Å². The third kappa shape index (κ3) is 4.30. The molecule has 21 heavy (non-hydrogen) atoms. The van der Waals surface area contributed by atoms with Crippen LogP contribution in [0.25, 0.3) is 0 Å². The van der Waals surface area contributed by atoms with Gasteiger partial charge in [-0.1, -0.05) is 0 Å². The lowest BCUT2D eigenvalue weighted by atomic mass is 10.1. The predicted molar refractivity (Wildman–Crippen MR) is 78.9 cm³/mol. The van der Waals surface area contributed by atoms with Crippen LogP contribution in [-0.2, 0) is 9.59 Å². The lowest BCUT2D eigenvalue weighted by Gasteiger charge is -2.15. The highest BCUT2D eigenvalue weighted by Crippen LogP contribution is 2.11. The summed E-state index contributed by atoms with van der Waals surface area (Å²) in [5.74, 6) is -0.579. The molecule has 1 unspecified atom stereocenters. The number of nitrogens with one attached hydrogen (secondary N) is 3. The first kappa shape index (κ1) is 15.0. The second-order valence-corrected chi connectivity index (χ2v) is 5.07. The number of anilines is 1. The van der Waals surface area contributed by atoms with Gasteiger partial charge in [0.1, 0.15) is 6.04 Å². The topological polar surface area (TPSA) is 87.3 Å². The molecule has 0 aromatic heterocycles. The molecular weight excluding hydrogens is 270 g/mol. The van der Waals surface area contributed by atoms with Crippen LogP contribution in [0.3, 0.4) is 0 Å². The lowest BCUT2D eigenvalue weighted by molar-refractivity contribution is -0.122. The Morgan fingerprint density at radius 1 is 1.19 bits per heavy atom. The van der Waals surface area contributed by atoms with Crippen LogP contribution in [0, 0.1) is 0 Å². The van der Waals surface area contributed by atoms with Crippen LogP contribution < -0.4 is 16.0 Å². The Morgan fingerprint density at radius 3 is 2.57 bits per heavy atom. The van der Waals surface area contributed by atoms with E-state index < -0.39 is 6.04 Å². The Kier molecular flexibility index (Phi) is 4.92. The first-order valence-corrected chi connectivity index (χ1v) is 7.02. The van der Waals surface area contributed by atoms with Crippen LogP contribution in [0.5, 0.6) is 0 Å². The predicted octanol–water partition coefficient (Wildman–Crippen LogP) is 1.04. The fraction of sp³-hybridized carbons (Fsp3) is 0.400. The molecule has 0 spiro atoms. The van der Waals surface area contributed by atoms with E-state index in [2.05, 4.69) is 16.0 Å². The van der Waals surface area contributed by atoms with Gasteiger partial charge in [-0.2, -0.15) is 0 Å². The molecule has 1 aromatic carbocycles. The number of carbonyl (C=O) groups excluding carboxylic acids is 3. The summed E-state index contributed by atoms with van der Waals surface area (Å²) >= 11 is 0. The van der Waals surface area contributed by atoms with Crippen LogP contribution in [0.2, 0.25) is 0 Å². The summed E-state index contributed by atoms with van der Waals surface area (Å²) < 4.78 is 0. The van der Waals surface area contributed by atoms with Gasteiger partial charge in [0, 0.05) is 24.7 Å². The van der Waals surface area contributed by atoms with E-state index in [-0.39, 0.29) is 17.7 Å². The molecule has 3 N–H and O–H groups in total. The highest BCUT2D eigenvalue weighted by molar-refractivity contribution is 5.98. The van der Waals surface area contributed by atoms with Crippen LogP contribution in [0.4, 0.5) is 5.69 Å². The second kappa shape index (κ2) is 6.88. The zero-order chi connectivity index (χ0) is 15.2. The first-order valence-electron chi connectivity index (χ1n) is 7.02. The van der Waals surface area contributed by atoms with Crippen molar-refractivity contribution in [2.45, 2.75) is 32.2 Å². The minimum atomic E-state index is -0.477. The monoisotopic (exact) mass is 289 g/mol. The van der Waals surface area contributed by atoms with E-state index in [1.54, 1.807) is 24.3 Å². The second-order valence-electron chi connectivity index (χ2n) is 5.07. The quantitative estimate of drug-likeness (QED) is 0.777. The van der Waals surface area contributed by atoms with Crippen molar-refractivity contribution in [3.05, 3.63) is 29.8 Å². The number of hydrogen-bond donors (Lipinski definition) is 3. The van der Waals surface area contributed by atoms with Crippen molar-refractivity contribution in [1.82, 2.24) is 10.6 Å². The van der Waals surface area contributed by atoms with Gasteiger partial charge >= 0.3 is 0 Å². The lowest BCUT2D eigenvalue weighted by Crippen LogP contribution is -2.45. The van der Waals surface area contributed by atoms with E-state index in [0.29, 0.717) is 24.2 Å². The van der Waals surface area contributed by atoms with Crippen LogP contribution in [0.1, 0.15) is 36.5 Å². The minimum Gasteiger partial charge on any atom is -0.354 e. The number of amides is 3. The van der Waals surface area contributed by atoms with Crippen LogP contribution >= 0.6 is 0 Å². The van der Waals surface area contributed by atoms with Crippen LogP contribution in [-0.4, -0.2) is 30.3 Å². The highest BCUT2D eigenvalue weighted by Gasteiger charge is 2.22. The molecule has 1 aliphatic rings. The molecule has 3 amide bonds. The number of carbonyl (C=O) groups is 3. The van der Waals surface area contributed by atoms with E-state index in [1.807, 2.05) is 0 Å². The van der Waals surface area contributed by atoms with Crippen molar-refractivity contribution >= 4 is 23.4 Å². The summed E-state index contributed by atoms with van der Waals surface area (Å²) in [4.78, 5) is 34.8. The van der Waals surface area contributed by atoms with Crippen molar-refractivity contribution in [2.24, 2.45) is 0 Å². The molecule has 0 saturated carbocycles. The molecular formula is C15H19N3O3. The molecule has 1 saturated heterocycles. The van der Waals surface area contributed by atoms with Gasteiger partial charge in [0.2, 0.25) is 11.8 Å². The van der Waals surface area contributed by atoms with E-state index in [9.17, 15) is 14.4 Å². The fourth-order valence-electron chi connectivity index (χ4n) is 2.23. The summed E-state index contributed by atoms with van der Waals surface area (Å²) in [6.07, 6.45) is 2.50. The number of hydrogen-bond acceptors (Lipinski definition) is 3. The first-order chi connectivity index (χ1) is 10.1. The standard InChI is InChI=1S/C15H19N3O3/c1-10(19)17-12-7-5-11(6-8-12)14(20)18-13-4-2-3-9-16-15(13)21/h5-8,13H,2-4,9H2,1H3,(H,16,21)(H,17,19)(H,18,20). The molecule has 0 aliphatic carbocycles. The van der Waals surface area contributed by atoms with Gasteiger partial charge in [-0.25, -0.2) is 0 Å². The van der Waals surface area contributed by atoms with Gasteiger partial charge in [-0.05, 0) is 43.5 Å². The molecule has 6 nitrogen and oxygen atoms in total. The van der Waals surface area contributed by atoms with Gasteiger partial charge < -0.3 is 16.0 Å². The highest BCUT2D eigenvalue weighted by atomic mass is 16.2. The summed E-state index contributed by atoms with van der Waals surface area (Å²) in [5.41, 5.74) is 1.09. The van der Waals surface area contributed by atoms with Crippen molar-refractivity contribution in [3.8, 4) is 0 Å². The Morgan fingerprint density at radius 2 is 1.90 bits per heavy atom. The van der Waals surface area contributed by atoms with Gasteiger partial charge in [0.15, 0.2) is 0 Å². The molecule has 1 aromatic rings. The normalized spacial score (nSPS) is 18.3. The molecule has 6 heteroatoms. The van der Waals surface area contributed by atoms with Crippen LogP contribution in [0.15, 0.2) is 24.3 Å². The Balaban J connectivity index is 1.99. The molecule has 1 heterocycles. The van der Waals surface area contributed by atoms with Crippen molar-refractivity contribution in [2.75, 3.05) is 11.9 Å². The molecule has 112 valence electrons. The summed E-state index contributed by atoms with van der Waals surface area (Å²) in [6, 6.07) is 6.08. The zero-order valence-electron chi connectivity index (χ0n) is 11.9. The van der Waals surface area contributed by atoms with E-state index in [4.69, 9.17) is 0 Å². The third-order valence-corrected chi connectivity index (χ3v) is 3.31. The van der Waals surface area contributed by atoms with Crippen molar-refractivity contribution < 1.29 is 14.4 Å². The van der Waals surface area contributed by atoms with Crippen molar-refractivity contribution in [1.29, 1.82) is 0 Å². The van der Waals surface area contributed by atoms with Gasteiger partial charge in [-0.3, -0.25) is 14.4 Å². The maximum absolute atomic E-state index is 12.1. The largest absolute Gasteiger partial charge is 0.354 e. The maximum Gasteiger partial charge on any atom is 0.251 e. The van der Waals surface area contributed by atoms with Gasteiger partial charge in [-0.15, -0.1) is 0 Å². The third-order valence-electron chi connectivity index (χ3n) is 3.31. The minimum absolute atomic E-state index is 0.129. The van der Waals surface area contributed by atoms with E-state index >= 15 is 0 Å². The average Bonchev–Trinajstić information content (AvgIpc) is 2.64. The fourth-order valence-corrected chi connectivity index (χ4v) is 2.23. The van der Waals surface area contributed by atoms with Gasteiger partial charge in [0.05, 0.1) is 0 Å². The molecule has 1 aliphatic heterocycles. The van der Waals surface area contributed by atoms with E-state index in [0.717, 1.165) is 12.8 Å². The molecule has 0 radical (unpaired) electrons. The van der Waals surface area contributed by atoms with Crippen molar-refractivity contribution in [3.63, 3.8) is 0 Å². The molecule has 0 bridgehead atoms. The Labute approximate surface area is 123 Å². The molecule has 2 rings (SSSR count). The van der Waals surface area contributed by atoms with E-state index in [1.165, 1.54) is 6.92 Å². The summed E-state index contributed by atoms with van der Waals surface area (Å²) in [7, 11) is 0. The summed E-state index contributed by atoms with van der Waals surface area (Å²) in [5, 5.41) is 8.16. The molecule has 1 fully saturated rings. The Bertz CT molecular complexity index is 540.